The lowest BCUT2D eigenvalue weighted by Crippen LogP contribution is -2.21. The Morgan fingerprint density at radius 1 is 1.25 bits per heavy atom. The molecule has 2 aliphatic rings. The van der Waals surface area contributed by atoms with Crippen LogP contribution in [0.15, 0.2) is 18.2 Å². The van der Waals surface area contributed by atoms with Gasteiger partial charge in [0.05, 0.1) is 7.11 Å². The molecule has 0 spiro atoms. The van der Waals surface area contributed by atoms with Crippen molar-refractivity contribution in [3.05, 3.63) is 29.3 Å². The van der Waals surface area contributed by atoms with Gasteiger partial charge in [0.1, 0.15) is 5.75 Å². The number of methoxy groups -OCH3 is 1. The zero-order valence-corrected chi connectivity index (χ0v) is 12.7. The highest BCUT2D eigenvalue weighted by molar-refractivity contribution is 5.37. The summed E-state index contributed by atoms with van der Waals surface area (Å²) in [7, 11) is 3.98. The van der Waals surface area contributed by atoms with Gasteiger partial charge in [-0.25, -0.2) is 0 Å². The molecule has 0 bridgehead atoms. The molecule has 110 valence electrons. The summed E-state index contributed by atoms with van der Waals surface area (Å²) in [6.45, 7) is 3.18. The highest BCUT2D eigenvalue weighted by atomic mass is 16.5. The molecule has 20 heavy (non-hydrogen) atoms. The van der Waals surface area contributed by atoms with Gasteiger partial charge in [0.15, 0.2) is 0 Å². The van der Waals surface area contributed by atoms with E-state index in [4.69, 9.17) is 4.74 Å². The molecule has 3 heteroatoms. The van der Waals surface area contributed by atoms with Crippen molar-refractivity contribution in [2.75, 3.05) is 20.7 Å². The van der Waals surface area contributed by atoms with Crippen molar-refractivity contribution < 1.29 is 4.74 Å². The fourth-order valence-corrected chi connectivity index (χ4v) is 2.71. The van der Waals surface area contributed by atoms with Gasteiger partial charge >= 0.3 is 0 Å². The quantitative estimate of drug-likeness (QED) is 0.789. The number of hydrogen-bond donors (Lipinski definition) is 1. The lowest BCUT2D eigenvalue weighted by molar-refractivity contribution is 0.305. The van der Waals surface area contributed by atoms with Gasteiger partial charge in [-0.3, -0.25) is 0 Å². The third-order valence-corrected chi connectivity index (χ3v) is 4.22. The first-order chi connectivity index (χ1) is 9.74. The van der Waals surface area contributed by atoms with Crippen molar-refractivity contribution in [1.29, 1.82) is 0 Å². The molecule has 1 aromatic carbocycles. The second kappa shape index (κ2) is 6.15. The molecule has 0 saturated heterocycles. The molecular weight excluding hydrogens is 248 g/mol. The van der Waals surface area contributed by atoms with E-state index in [1.165, 1.54) is 43.4 Å². The van der Waals surface area contributed by atoms with Crippen LogP contribution in [-0.2, 0) is 13.1 Å². The standard InChI is InChI=1S/C17H26N2O/c1-19(11-13-3-4-13)12-15-9-14(5-8-17(15)20-2)10-18-16-6-7-16/h5,8-9,13,16,18H,3-4,6-7,10-12H2,1-2H3. The van der Waals surface area contributed by atoms with Gasteiger partial charge in [0.25, 0.3) is 0 Å². The molecule has 0 amide bonds. The van der Waals surface area contributed by atoms with Gasteiger partial charge in [-0.2, -0.15) is 0 Å². The predicted octanol–water partition coefficient (Wildman–Crippen LogP) is 2.79. The molecule has 1 aromatic rings. The van der Waals surface area contributed by atoms with E-state index in [0.29, 0.717) is 0 Å². The molecule has 1 N–H and O–H groups in total. The van der Waals surface area contributed by atoms with E-state index in [-0.39, 0.29) is 0 Å². The Balaban J connectivity index is 1.62. The highest BCUT2D eigenvalue weighted by Crippen LogP contribution is 2.30. The number of benzene rings is 1. The normalized spacial score (nSPS) is 18.6. The fraction of sp³-hybridized carbons (Fsp3) is 0.647. The first-order valence-corrected chi connectivity index (χ1v) is 7.82. The monoisotopic (exact) mass is 274 g/mol. The van der Waals surface area contributed by atoms with Gasteiger partial charge < -0.3 is 15.0 Å². The molecule has 0 aromatic heterocycles. The van der Waals surface area contributed by atoms with Crippen molar-refractivity contribution in [3.63, 3.8) is 0 Å². The second-order valence-electron chi connectivity index (χ2n) is 6.44. The second-order valence-corrected chi connectivity index (χ2v) is 6.44. The fourth-order valence-electron chi connectivity index (χ4n) is 2.71. The topological polar surface area (TPSA) is 24.5 Å². The number of rotatable bonds is 8. The van der Waals surface area contributed by atoms with Gasteiger partial charge in [-0.05, 0) is 56.3 Å². The van der Waals surface area contributed by atoms with Crippen LogP contribution in [0.25, 0.3) is 0 Å². The van der Waals surface area contributed by atoms with Crippen LogP contribution in [-0.4, -0.2) is 31.6 Å². The number of nitrogens with one attached hydrogen (secondary N) is 1. The molecule has 3 nitrogen and oxygen atoms in total. The molecule has 0 heterocycles. The van der Waals surface area contributed by atoms with Crippen LogP contribution in [0.1, 0.15) is 36.8 Å². The Kier molecular flexibility index (Phi) is 4.27. The molecule has 3 rings (SSSR count). The van der Waals surface area contributed by atoms with Crippen molar-refractivity contribution in [3.8, 4) is 5.75 Å². The molecule has 2 saturated carbocycles. The summed E-state index contributed by atoms with van der Waals surface area (Å²) in [4.78, 5) is 2.42. The highest BCUT2D eigenvalue weighted by Gasteiger charge is 2.23. The minimum absolute atomic E-state index is 0.762. The van der Waals surface area contributed by atoms with Crippen molar-refractivity contribution in [2.45, 2.75) is 44.8 Å². The number of nitrogens with zero attached hydrogens (tertiary/aromatic N) is 1. The minimum atomic E-state index is 0.762. The Labute approximate surface area is 122 Å². The van der Waals surface area contributed by atoms with Crippen LogP contribution in [0.3, 0.4) is 0 Å². The first-order valence-electron chi connectivity index (χ1n) is 7.82. The zero-order chi connectivity index (χ0) is 13.9. The largest absolute Gasteiger partial charge is 0.496 e. The van der Waals surface area contributed by atoms with Crippen molar-refractivity contribution in [2.24, 2.45) is 5.92 Å². The summed E-state index contributed by atoms with van der Waals surface area (Å²) in [5.74, 6) is 1.95. The summed E-state index contributed by atoms with van der Waals surface area (Å²) in [6, 6.07) is 7.36. The third-order valence-electron chi connectivity index (χ3n) is 4.22. The van der Waals surface area contributed by atoms with Crippen molar-refractivity contribution >= 4 is 0 Å². The van der Waals surface area contributed by atoms with Crippen LogP contribution >= 0.6 is 0 Å². The van der Waals surface area contributed by atoms with E-state index < -0.39 is 0 Å². The lowest BCUT2D eigenvalue weighted by atomic mass is 10.1. The molecule has 2 aliphatic carbocycles. The summed E-state index contributed by atoms with van der Waals surface area (Å²) in [5, 5.41) is 3.58. The van der Waals surface area contributed by atoms with Crippen LogP contribution in [0, 0.1) is 5.92 Å². The van der Waals surface area contributed by atoms with Crippen LogP contribution in [0.2, 0.25) is 0 Å². The number of ether oxygens (including phenoxy) is 1. The van der Waals surface area contributed by atoms with E-state index >= 15 is 0 Å². The van der Waals surface area contributed by atoms with Gasteiger partial charge in [-0.1, -0.05) is 6.07 Å². The van der Waals surface area contributed by atoms with E-state index in [2.05, 4.69) is 35.5 Å². The summed E-state index contributed by atoms with van der Waals surface area (Å²) in [6.07, 6.45) is 5.50. The SMILES string of the molecule is COc1ccc(CNC2CC2)cc1CN(C)CC1CC1. The average Bonchev–Trinajstić information content (AvgIpc) is 3.31. The molecule has 2 fully saturated rings. The smallest absolute Gasteiger partial charge is 0.123 e. The van der Waals surface area contributed by atoms with E-state index in [0.717, 1.165) is 30.8 Å². The van der Waals surface area contributed by atoms with E-state index in [9.17, 15) is 0 Å². The maximum atomic E-state index is 5.51. The van der Waals surface area contributed by atoms with Crippen LogP contribution in [0.5, 0.6) is 5.75 Å². The maximum Gasteiger partial charge on any atom is 0.123 e. The molecule has 0 atom stereocenters. The van der Waals surface area contributed by atoms with Gasteiger partial charge in [0.2, 0.25) is 0 Å². The van der Waals surface area contributed by atoms with E-state index in [1.807, 2.05) is 0 Å². The van der Waals surface area contributed by atoms with E-state index in [1.54, 1.807) is 7.11 Å². The Bertz CT molecular complexity index is 452. The van der Waals surface area contributed by atoms with Gasteiger partial charge in [-0.15, -0.1) is 0 Å². The minimum Gasteiger partial charge on any atom is -0.496 e. The average molecular weight is 274 g/mol. The predicted molar refractivity (Wildman–Crippen MR) is 81.9 cm³/mol. The first kappa shape index (κ1) is 13.9. The molecule has 0 aliphatic heterocycles. The third kappa shape index (κ3) is 3.97. The molecular formula is C17H26N2O. The Morgan fingerprint density at radius 3 is 2.70 bits per heavy atom. The van der Waals surface area contributed by atoms with Crippen molar-refractivity contribution in [1.82, 2.24) is 10.2 Å². The maximum absolute atomic E-state index is 5.51. The van der Waals surface area contributed by atoms with Gasteiger partial charge in [0, 0.05) is 31.2 Å². The van der Waals surface area contributed by atoms with Crippen LogP contribution < -0.4 is 10.1 Å². The summed E-state index contributed by atoms with van der Waals surface area (Å²) >= 11 is 0. The zero-order valence-electron chi connectivity index (χ0n) is 12.7. The Hall–Kier alpha value is -1.06. The molecule has 0 radical (unpaired) electrons. The Morgan fingerprint density at radius 2 is 2.05 bits per heavy atom. The molecule has 0 unspecified atom stereocenters. The van der Waals surface area contributed by atoms with Crippen LogP contribution in [0.4, 0.5) is 0 Å². The summed E-state index contributed by atoms with van der Waals surface area (Å²) in [5.41, 5.74) is 2.68. The number of hydrogen-bond acceptors (Lipinski definition) is 3. The summed E-state index contributed by atoms with van der Waals surface area (Å²) < 4.78 is 5.51. The lowest BCUT2D eigenvalue weighted by Gasteiger charge is -2.19.